The summed E-state index contributed by atoms with van der Waals surface area (Å²) in [7, 11) is 0. The van der Waals surface area contributed by atoms with Crippen LogP contribution >= 0.6 is 23.2 Å². The van der Waals surface area contributed by atoms with Gasteiger partial charge in [-0.3, -0.25) is 0 Å². The largest absolute Gasteiger partial charge is 0.350 e. The third-order valence-corrected chi connectivity index (χ3v) is 2.45. The molecule has 0 bridgehead atoms. The van der Waals surface area contributed by atoms with E-state index in [0.29, 0.717) is 18.1 Å². The summed E-state index contributed by atoms with van der Waals surface area (Å²) in [6, 6.07) is 9.22. The molecule has 1 N–H and O–H groups in total. The Morgan fingerprint density at radius 3 is 2.22 bits per heavy atom. The van der Waals surface area contributed by atoms with Gasteiger partial charge in [0.25, 0.3) is 0 Å². The summed E-state index contributed by atoms with van der Waals surface area (Å²) in [6.45, 7) is 0.502. The molecular formula is C11H7Cl2N5. The van der Waals surface area contributed by atoms with Crippen LogP contribution in [0.15, 0.2) is 24.3 Å². The van der Waals surface area contributed by atoms with Crippen molar-refractivity contribution in [1.82, 2.24) is 15.0 Å². The van der Waals surface area contributed by atoms with Crippen molar-refractivity contribution in [3.63, 3.8) is 0 Å². The number of rotatable bonds is 3. The molecule has 1 heterocycles. The summed E-state index contributed by atoms with van der Waals surface area (Å²) in [5.74, 6) is 0.310. The van der Waals surface area contributed by atoms with E-state index in [0.717, 1.165) is 5.56 Å². The van der Waals surface area contributed by atoms with Crippen LogP contribution in [0.1, 0.15) is 11.1 Å². The Balaban J connectivity index is 2.04. The Hall–Kier alpha value is -1.90. The minimum absolute atomic E-state index is 0.0392. The van der Waals surface area contributed by atoms with Gasteiger partial charge in [0.2, 0.25) is 16.5 Å². The Morgan fingerprint density at radius 2 is 1.67 bits per heavy atom. The minimum atomic E-state index is 0.0392. The van der Waals surface area contributed by atoms with E-state index in [1.807, 2.05) is 12.1 Å². The van der Waals surface area contributed by atoms with Crippen molar-refractivity contribution in [3.05, 3.63) is 46.0 Å². The molecule has 0 saturated carbocycles. The van der Waals surface area contributed by atoms with Crippen LogP contribution in [-0.2, 0) is 6.54 Å². The number of hydrogen-bond acceptors (Lipinski definition) is 5. The van der Waals surface area contributed by atoms with Crippen LogP contribution in [0.2, 0.25) is 10.6 Å². The van der Waals surface area contributed by atoms with Crippen LogP contribution in [0, 0.1) is 11.3 Å². The van der Waals surface area contributed by atoms with E-state index in [9.17, 15) is 0 Å². The van der Waals surface area contributed by atoms with E-state index < -0.39 is 0 Å². The second-order valence-electron chi connectivity index (χ2n) is 3.36. The molecule has 0 radical (unpaired) electrons. The number of benzene rings is 1. The lowest BCUT2D eigenvalue weighted by atomic mass is 10.1. The van der Waals surface area contributed by atoms with Gasteiger partial charge >= 0.3 is 0 Å². The molecule has 5 nitrogen and oxygen atoms in total. The smallest absolute Gasteiger partial charge is 0.228 e. The van der Waals surface area contributed by atoms with Gasteiger partial charge in [0.15, 0.2) is 0 Å². The third kappa shape index (κ3) is 3.29. The van der Waals surface area contributed by atoms with Crippen molar-refractivity contribution in [3.8, 4) is 6.07 Å². The predicted octanol–water partition coefficient (Wildman–Crippen LogP) is 2.66. The number of nitrogens with one attached hydrogen (secondary N) is 1. The van der Waals surface area contributed by atoms with Crippen LogP contribution in [0.3, 0.4) is 0 Å². The van der Waals surface area contributed by atoms with Gasteiger partial charge in [0, 0.05) is 6.54 Å². The van der Waals surface area contributed by atoms with Crippen molar-refractivity contribution in [2.24, 2.45) is 0 Å². The lowest BCUT2D eigenvalue weighted by molar-refractivity contribution is 1.00. The van der Waals surface area contributed by atoms with E-state index in [2.05, 4.69) is 26.3 Å². The molecule has 1 aromatic carbocycles. The average molecular weight is 280 g/mol. The van der Waals surface area contributed by atoms with Crippen LogP contribution in [-0.4, -0.2) is 15.0 Å². The maximum Gasteiger partial charge on any atom is 0.228 e. The number of nitriles is 1. The molecular weight excluding hydrogens is 273 g/mol. The molecule has 0 saturated heterocycles. The summed E-state index contributed by atoms with van der Waals surface area (Å²) >= 11 is 11.3. The highest BCUT2D eigenvalue weighted by molar-refractivity contribution is 6.31. The Labute approximate surface area is 113 Å². The Morgan fingerprint density at radius 1 is 1.06 bits per heavy atom. The summed E-state index contributed by atoms with van der Waals surface area (Å²) in [5.41, 5.74) is 1.60. The molecule has 0 aliphatic carbocycles. The first-order chi connectivity index (χ1) is 8.67. The highest BCUT2D eigenvalue weighted by atomic mass is 35.5. The van der Waals surface area contributed by atoms with Gasteiger partial charge in [0.05, 0.1) is 11.6 Å². The van der Waals surface area contributed by atoms with Crippen molar-refractivity contribution in [1.29, 1.82) is 5.26 Å². The molecule has 1 aromatic heterocycles. The van der Waals surface area contributed by atoms with E-state index in [-0.39, 0.29) is 10.6 Å². The first-order valence-corrected chi connectivity index (χ1v) is 5.73. The topological polar surface area (TPSA) is 74.5 Å². The van der Waals surface area contributed by atoms with Gasteiger partial charge in [-0.1, -0.05) is 12.1 Å². The SMILES string of the molecule is N#Cc1ccc(CNc2nc(Cl)nc(Cl)n2)cc1. The predicted molar refractivity (Wildman–Crippen MR) is 68.3 cm³/mol. The highest BCUT2D eigenvalue weighted by Crippen LogP contribution is 2.11. The molecule has 18 heavy (non-hydrogen) atoms. The maximum atomic E-state index is 8.68. The zero-order valence-electron chi connectivity index (χ0n) is 9.06. The third-order valence-electron chi connectivity index (χ3n) is 2.11. The lowest BCUT2D eigenvalue weighted by Gasteiger charge is -2.05. The van der Waals surface area contributed by atoms with Crippen molar-refractivity contribution in [2.75, 3.05) is 5.32 Å². The molecule has 90 valence electrons. The fourth-order valence-corrected chi connectivity index (χ4v) is 1.65. The van der Waals surface area contributed by atoms with Gasteiger partial charge < -0.3 is 5.32 Å². The van der Waals surface area contributed by atoms with Gasteiger partial charge in [0.1, 0.15) is 0 Å². The quantitative estimate of drug-likeness (QED) is 0.935. The minimum Gasteiger partial charge on any atom is -0.350 e. The molecule has 0 unspecified atom stereocenters. The first kappa shape index (κ1) is 12.6. The van der Waals surface area contributed by atoms with Crippen LogP contribution in [0.4, 0.5) is 5.95 Å². The summed E-state index contributed by atoms with van der Waals surface area (Å²) < 4.78 is 0. The van der Waals surface area contributed by atoms with Crippen LogP contribution in [0.25, 0.3) is 0 Å². The Kier molecular flexibility index (Phi) is 3.92. The molecule has 7 heteroatoms. The van der Waals surface area contributed by atoms with Crippen LogP contribution in [0.5, 0.6) is 0 Å². The molecule has 0 atom stereocenters. The lowest BCUT2D eigenvalue weighted by Crippen LogP contribution is -2.04. The molecule has 0 spiro atoms. The number of aromatic nitrogens is 3. The van der Waals surface area contributed by atoms with E-state index in [4.69, 9.17) is 28.5 Å². The second-order valence-corrected chi connectivity index (χ2v) is 4.04. The zero-order valence-corrected chi connectivity index (χ0v) is 10.6. The van der Waals surface area contributed by atoms with Crippen LogP contribution < -0.4 is 5.32 Å². The Bertz CT molecular complexity index is 571. The first-order valence-electron chi connectivity index (χ1n) is 4.97. The average Bonchev–Trinajstić information content (AvgIpc) is 2.36. The van der Waals surface area contributed by atoms with Crippen molar-refractivity contribution in [2.45, 2.75) is 6.54 Å². The van der Waals surface area contributed by atoms with Crippen molar-refractivity contribution >= 4 is 29.2 Å². The summed E-state index contributed by atoms with van der Waals surface area (Å²) in [5, 5.41) is 11.7. The highest BCUT2D eigenvalue weighted by Gasteiger charge is 2.02. The molecule has 0 aliphatic rings. The monoisotopic (exact) mass is 279 g/mol. The van der Waals surface area contributed by atoms with E-state index in [1.54, 1.807) is 12.1 Å². The maximum absolute atomic E-state index is 8.68. The number of anilines is 1. The van der Waals surface area contributed by atoms with E-state index >= 15 is 0 Å². The number of nitrogens with zero attached hydrogens (tertiary/aromatic N) is 4. The number of hydrogen-bond donors (Lipinski definition) is 1. The zero-order chi connectivity index (χ0) is 13.0. The fourth-order valence-electron chi connectivity index (χ4n) is 1.28. The molecule has 2 rings (SSSR count). The van der Waals surface area contributed by atoms with E-state index in [1.165, 1.54) is 0 Å². The molecule has 0 fully saturated rings. The van der Waals surface area contributed by atoms with Gasteiger partial charge in [-0.05, 0) is 40.9 Å². The fraction of sp³-hybridized carbons (Fsp3) is 0.0909. The van der Waals surface area contributed by atoms with Gasteiger partial charge in [-0.2, -0.15) is 20.2 Å². The van der Waals surface area contributed by atoms with Crippen molar-refractivity contribution < 1.29 is 0 Å². The normalized spacial score (nSPS) is 9.83. The standard InChI is InChI=1S/C11H7Cl2N5/c12-9-16-10(13)18-11(17-9)15-6-8-3-1-7(5-14)2-4-8/h1-4H,6H2,(H,15,16,17,18). The van der Waals surface area contributed by atoms with Gasteiger partial charge in [-0.15, -0.1) is 0 Å². The molecule has 0 amide bonds. The van der Waals surface area contributed by atoms with Gasteiger partial charge in [-0.25, -0.2) is 0 Å². The molecule has 2 aromatic rings. The summed E-state index contributed by atoms with van der Waals surface area (Å²) in [4.78, 5) is 11.4. The number of halogens is 2. The second kappa shape index (κ2) is 5.63. The summed E-state index contributed by atoms with van der Waals surface area (Å²) in [6.07, 6.45) is 0. The molecule has 0 aliphatic heterocycles.